The monoisotopic (exact) mass is 369 g/mol. The van der Waals surface area contributed by atoms with Crippen molar-refractivity contribution in [2.24, 2.45) is 4.99 Å². The zero-order chi connectivity index (χ0) is 19.2. The molecule has 0 amide bonds. The van der Waals surface area contributed by atoms with Crippen molar-refractivity contribution in [3.8, 4) is 5.75 Å². The molecule has 27 heavy (non-hydrogen) atoms. The van der Waals surface area contributed by atoms with E-state index in [0.717, 1.165) is 56.3 Å². The molecule has 0 saturated carbocycles. The molecule has 2 N–H and O–H groups in total. The quantitative estimate of drug-likeness (QED) is 0.362. The number of methoxy groups -OCH3 is 1. The Morgan fingerprint density at radius 1 is 0.926 bits per heavy atom. The van der Waals surface area contributed by atoms with Crippen molar-refractivity contribution in [1.29, 1.82) is 0 Å². The highest BCUT2D eigenvalue weighted by Gasteiger charge is 2.00. The third-order valence-corrected chi connectivity index (χ3v) is 4.20. The van der Waals surface area contributed by atoms with Gasteiger partial charge in [-0.1, -0.05) is 42.5 Å². The summed E-state index contributed by atoms with van der Waals surface area (Å²) < 4.78 is 11.0. The van der Waals surface area contributed by atoms with Crippen LogP contribution in [0.3, 0.4) is 0 Å². The highest BCUT2D eigenvalue weighted by atomic mass is 16.5. The van der Waals surface area contributed by atoms with Crippen molar-refractivity contribution in [3.05, 3.63) is 65.7 Å². The number of ether oxygens (including phenoxy) is 2. The number of rotatable bonds is 11. The van der Waals surface area contributed by atoms with Crippen molar-refractivity contribution < 1.29 is 9.47 Å². The molecule has 0 aromatic heterocycles. The Morgan fingerprint density at radius 2 is 1.74 bits per heavy atom. The minimum atomic E-state index is 0.708. The lowest BCUT2D eigenvalue weighted by Gasteiger charge is -2.12. The normalized spacial score (nSPS) is 11.3. The molecule has 0 radical (unpaired) electrons. The number of hydrogen-bond acceptors (Lipinski definition) is 3. The lowest BCUT2D eigenvalue weighted by atomic mass is 10.2. The van der Waals surface area contributed by atoms with Crippen molar-refractivity contribution in [2.75, 3.05) is 33.9 Å². The Hall–Kier alpha value is -2.53. The summed E-state index contributed by atoms with van der Waals surface area (Å²) in [6.07, 6.45) is 3.06. The van der Waals surface area contributed by atoms with E-state index in [1.165, 1.54) is 5.56 Å². The van der Waals surface area contributed by atoms with E-state index < -0.39 is 0 Å². The maximum absolute atomic E-state index is 5.71. The Kier molecular flexibility index (Phi) is 9.82. The number of unbranched alkanes of at least 4 members (excludes halogenated alkanes) is 1. The molecule has 146 valence electrons. The third kappa shape index (κ3) is 8.60. The van der Waals surface area contributed by atoms with Gasteiger partial charge in [-0.25, -0.2) is 0 Å². The van der Waals surface area contributed by atoms with E-state index in [1.54, 1.807) is 14.2 Å². The Bertz CT molecular complexity index is 674. The van der Waals surface area contributed by atoms with E-state index >= 15 is 0 Å². The van der Waals surface area contributed by atoms with Crippen LogP contribution in [-0.4, -0.2) is 39.9 Å². The first-order chi connectivity index (χ1) is 13.3. The number of nitrogens with one attached hydrogen (secondary N) is 2. The van der Waals surface area contributed by atoms with Crippen LogP contribution in [-0.2, 0) is 17.7 Å². The molecule has 0 aliphatic heterocycles. The van der Waals surface area contributed by atoms with Gasteiger partial charge in [0.05, 0.1) is 13.7 Å². The zero-order valence-electron chi connectivity index (χ0n) is 16.4. The molecule has 0 saturated heterocycles. The Morgan fingerprint density at radius 3 is 2.52 bits per heavy atom. The molecule has 0 heterocycles. The molecule has 2 rings (SSSR count). The second-order valence-corrected chi connectivity index (χ2v) is 6.26. The SMILES string of the molecule is CN=C(NCCCCOCCc1ccccc1)NCc1cccc(OC)c1. The first kappa shape index (κ1) is 20.8. The molecule has 0 spiro atoms. The van der Waals surface area contributed by atoms with Gasteiger partial charge in [0.15, 0.2) is 5.96 Å². The van der Waals surface area contributed by atoms with E-state index in [-0.39, 0.29) is 0 Å². The molecule has 2 aromatic rings. The Balaban J connectivity index is 1.52. The van der Waals surface area contributed by atoms with E-state index in [0.29, 0.717) is 6.54 Å². The van der Waals surface area contributed by atoms with Crippen molar-refractivity contribution in [3.63, 3.8) is 0 Å². The number of guanidine groups is 1. The molecular formula is C22H31N3O2. The van der Waals surface area contributed by atoms with Crippen LogP contribution in [0, 0.1) is 0 Å². The second kappa shape index (κ2) is 12.8. The van der Waals surface area contributed by atoms with Gasteiger partial charge < -0.3 is 20.1 Å². The molecular weight excluding hydrogens is 338 g/mol. The van der Waals surface area contributed by atoms with Crippen molar-refractivity contribution in [2.45, 2.75) is 25.8 Å². The molecule has 0 atom stereocenters. The van der Waals surface area contributed by atoms with E-state index in [2.05, 4.69) is 46.0 Å². The smallest absolute Gasteiger partial charge is 0.191 e. The average Bonchev–Trinajstić information content (AvgIpc) is 2.73. The van der Waals surface area contributed by atoms with Gasteiger partial charge in [0.1, 0.15) is 5.75 Å². The van der Waals surface area contributed by atoms with Gasteiger partial charge in [-0.05, 0) is 42.5 Å². The summed E-state index contributed by atoms with van der Waals surface area (Å²) in [5.41, 5.74) is 2.48. The maximum atomic E-state index is 5.71. The highest BCUT2D eigenvalue weighted by molar-refractivity contribution is 5.79. The Labute approximate surface area is 162 Å². The first-order valence-electron chi connectivity index (χ1n) is 9.51. The van der Waals surface area contributed by atoms with Crippen LogP contribution in [0.2, 0.25) is 0 Å². The molecule has 5 nitrogen and oxygen atoms in total. The topological polar surface area (TPSA) is 54.9 Å². The van der Waals surface area contributed by atoms with E-state index in [9.17, 15) is 0 Å². The zero-order valence-corrected chi connectivity index (χ0v) is 16.4. The molecule has 0 aliphatic rings. The summed E-state index contributed by atoms with van der Waals surface area (Å²) in [5, 5.41) is 6.66. The second-order valence-electron chi connectivity index (χ2n) is 6.26. The molecule has 0 fully saturated rings. The summed E-state index contributed by atoms with van der Waals surface area (Å²) in [5.74, 6) is 1.67. The van der Waals surface area contributed by atoms with Gasteiger partial charge in [0.2, 0.25) is 0 Å². The van der Waals surface area contributed by atoms with Crippen molar-refractivity contribution in [1.82, 2.24) is 10.6 Å². The highest BCUT2D eigenvalue weighted by Crippen LogP contribution is 2.12. The fourth-order valence-electron chi connectivity index (χ4n) is 2.66. The van der Waals surface area contributed by atoms with E-state index in [1.807, 2.05) is 24.3 Å². The summed E-state index contributed by atoms with van der Waals surface area (Å²) in [6.45, 7) is 3.16. The molecule has 0 unspecified atom stereocenters. The van der Waals surface area contributed by atoms with Crippen LogP contribution in [0.1, 0.15) is 24.0 Å². The standard InChI is InChI=1S/C22H31N3O2/c1-23-22(25-18-20-11-8-12-21(17-20)26-2)24-14-6-7-15-27-16-13-19-9-4-3-5-10-19/h3-5,8-12,17H,6-7,13-16,18H2,1-2H3,(H2,23,24,25). The number of hydrogen-bond donors (Lipinski definition) is 2. The van der Waals surface area contributed by atoms with Crippen LogP contribution >= 0.6 is 0 Å². The molecule has 0 bridgehead atoms. The summed E-state index contributed by atoms with van der Waals surface area (Å²) in [6, 6.07) is 18.5. The van der Waals surface area contributed by atoms with Crippen LogP contribution < -0.4 is 15.4 Å². The van der Waals surface area contributed by atoms with Gasteiger partial charge in [-0.15, -0.1) is 0 Å². The molecule has 2 aromatic carbocycles. The van der Waals surface area contributed by atoms with Gasteiger partial charge in [0, 0.05) is 26.7 Å². The van der Waals surface area contributed by atoms with Gasteiger partial charge in [-0.2, -0.15) is 0 Å². The van der Waals surface area contributed by atoms with Crippen molar-refractivity contribution >= 4 is 5.96 Å². The lowest BCUT2D eigenvalue weighted by Crippen LogP contribution is -2.37. The van der Waals surface area contributed by atoms with Gasteiger partial charge in [0.25, 0.3) is 0 Å². The summed E-state index contributed by atoms with van der Waals surface area (Å²) >= 11 is 0. The summed E-state index contributed by atoms with van der Waals surface area (Å²) in [4.78, 5) is 4.26. The van der Waals surface area contributed by atoms with Crippen LogP contribution in [0.25, 0.3) is 0 Å². The minimum absolute atomic E-state index is 0.708. The maximum Gasteiger partial charge on any atom is 0.191 e. The summed E-state index contributed by atoms with van der Waals surface area (Å²) in [7, 11) is 3.46. The largest absolute Gasteiger partial charge is 0.497 e. The van der Waals surface area contributed by atoms with Crippen LogP contribution in [0.4, 0.5) is 0 Å². The van der Waals surface area contributed by atoms with Crippen LogP contribution in [0.5, 0.6) is 5.75 Å². The predicted octanol–water partition coefficient (Wildman–Crippen LogP) is 3.40. The number of aliphatic imine (C=N–C) groups is 1. The predicted molar refractivity (Wildman–Crippen MR) is 111 cm³/mol. The van der Waals surface area contributed by atoms with Crippen LogP contribution in [0.15, 0.2) is 59.6 Å². The molecule has 5 heteroatoms. The average molecular weight is 370 g/mol. The van der Waals surface area contributed by atoms with Gasteiger partial charge >= 0.3 is 0 Å². The fraction of sp³-hybridized carbons (Fsp3) is 0.409. The molecule has 0 aliphatic carbocycles. The fourth-order valence-corrected chi connectivity index (χ4v) is 2.66. The van der Waals surface area contributed by atoms with E-state index in [4.69, 9.17) is 9.47 Å². The number of benzene rings is 2. The third-order valence-electron chi connectivity index (χ3n) is 4.20. The first-order valence-corrected chi connectivity index (χ1v) is 9.51. The van der Waals surface area contributed by atoms with Gasteiger partial charge in [-0.3, -0.25) is 4.99 Å². The number of nitrogens with zero attached hydrogens (tertiary/aromatic N) is 1. The minimum Gasteiger partial charge on any atom is -0.497 e. The lowest BCUT2D eigenvalue weighted by molar-refractivity contribution is 0.133.